The van der Waals surface area contributed by atoms with E-state index in [1.807, 2.05) is 30.3 Å². The molecule has 2 aromatic carbocycles. The van der Waals surface area contributed by atoms with E-state index >= 15 is 0 Å². The van der Waals surface area contributed by atoms with Crippen LogP contribution in [0, 0.1) is 11.8 Å². The van der Waals surface area contributed by atoms with E-state index in [0.29, 0.717) is 18.0 Å². The summed E-state index contributed by atoms with van der Waals surface area (Å²) in [5.74, 6) is -1.16. The summed E-state index contributed by atoms with van der Waals surface area (Å²) in [6.45, 7) is 0.560. The van der Waals surface area contributed by atoms with E-state index in [1.165, 1.54) is 13.5 Å². The first-order valence-corrected chi connectivity index (χ1v) is 15.5. The molecule has 8 nitrogen and oxygen atoms in total. The number of nitrogens with zero attached hydrogens (tertiary/aromatic N) is 2. The lowest BCUT2D eigenvalue weighted by atomic mass is 9.84. The molecule has 0 spiro atoms. The zero-order chi connectivity index (χ0) is 31.0. The number of amides is 2. The van der Waals surface area contributed by atoms with Crippen LogP contribution in [0.4, 0.5) is 4.79 Å². The number of carbonyl (C=O) groups excluding carboxylic acids is 4. The van der Waals surface area contributed by atoms with Crippen LogP contribution in [0.25, 0.3) is 0 Å². The SMILES string of the molecule is COC(=O)[C@@H](CCC(=O)/C(CC1CCCCC1)=N/C(=O)OCc1cccc(Cl)c1)CCC(=O)N(C)CCc1ccccc1. The summed E-state index contributed by atoms with van der Waals surface area (Å²) in [5, 5.41) is 0.533. The van der Waals surface area contributed by atoms with Gasteiger partial charge in [-0.05, 0) is 54.9 Å². The molecule has 0 radical (unpaired) electrons. The first-order valence-electron chi connectivity index (χ1n) is 15.1. The van der Waals surface area contributed by atoms with Crippen LogP contribution in [0.5, 0.6) is 0 Å². The predicted octanol–water partition coefficient (Wildman–Crippen LogP) is 7.01. The van der Waals surface area contributed by atoms with Crippen LogP contribution in [-0.4, -0.2) is 55.1 Å². The molecular formula is C34H43ClN2O6. The molecule has 1 atom stereocenters. The molecule has 43 heavy (non-hydrogen) atoms. The van der Waals surface area contributed by atoms with Crippen molar-refractivity contribution in [2.24, 2.45) is 16.8 Å². The third-order valence-corrected chi connectivity index (χ3v) is 8.21. The van der Waals surface area contributed by atoms with Gasteiger partial charge in [0.2, 0.25) is 5.91 Å². The maximum atomic E-state index is 13.4. The van der Waals surface area contributed by atoms with E-state index < -0.39 is 18.0 Å². The molecular weight excluding hydrogens is 568 g/mol. The van der Waals surface area contributed by atoms with E-state index in [-0.39, 0.29) is 55.6 Å². The fourth-order valence-corrected chi connectivity index (χ4v) is 5.56. The molecule has 1 fully saturated rings. The molecule has 2 amide bonds. The van der Waals surface area contributed by atoms with Gasteiger partial charge in [-0.2, -0.15) is 4.99 Å². The molecule has 0 N–H and O–H groups in total. The minimum atomic E-state index is -0.826. The van der Waals surface area contributed by atoms with Gasteiger partial charge in [0.15, 0.2) is 5.78 Å². The number of carbonyl (C=O) groups is 4. The van der Waals surface area contributed by atoms with Crippen molar-refractivity contribution in [2.75, 3.05) is 20.7 Å². The van der Waals surface area contributed by atoms with Crippen molar-refractivity contribution < 1.29 is 28.7 Å². The van der Waals surface area contributed by atoms with Gasteiger partial charge in [0.1, 0.15) is 6.61 Å². The van der Waals surface area contributed by atoms with Crippen molar-refractivity contribution in [1.82, 2.24) is 4.90 Å². The van der Waals surface area contributed by atoms with Crippen LogP contribution in [-0.2, 0) is 36.9 Å². The molecule has 0 aromatic heterocycles. The number of hydrogen-bond acceptors (Lipinski definition) is 6. The zero-order valence-electron chi connectivity index (χ0n) is 25.3. The topological polar surface area (TPSA) is 102 Å². The Hall–Kier alpha value is -3.52. The number of likely N-dealkylation sites (N-methyl/N-ethyl adjacent to an activating group) is 1. The molecule has 3 rings (SSSR count). The van der Waals surface area contributed by atoms with Crippen molar-refractivity contribution in [3.05, 3.63) is 70.7 Å². The number of Topliss-reactive ketones (excluding diaryl/α,β-unsaturated/α-hetero) is 1. The number of hydrogen-bond donors (Lipinski definition) is 0. The quantitative estimate of drug-likeness (QED) is 0.159. The molecule has 1 saturated carbocycles. The van der Waals surface area contributed by atoms with E-state index in [4.69, 9.17) is 21.1 Å². The molecule has 0 aliphatic heterocycles. The Morgan fingerprint density at radius 3 is 2.35 bits per heavy atom. The molecule has 0 saturated heterocycles. The first-order chi connectivity index (χ1) is 20.7. The Kier molecular flexibility index (Phi) is 14.4. The summed E-state index contributed by atoms with van der Waals surface area (Å²) in [6.07, 6.45) is 6.27. The third kappa shape index (κ3) is 12.3. The standard InChI is InChI=1S/C34H43ClN2O6/c1-37(21-20-25-10-5-3-6-11-25)32(39)19-17-28(33(40)42-2)16-18-31(38)30(23-26-12-7-4-8-13-26)36-34(41)43-24-27-14-9-15-29(35)22-27/h3,5-6,9-11,14-15,22,26,28H,4,7-8,12-13,16-21,23-24H2,1-2H3/b36-30+/t28-/m0/s1. The predicted molar refractivity (Wildman–Crippen MR) is 167 cm³/mol. The molecule has 9 heteroatoms. The minimum Gasteiger partial charge on any atom is -0.469 e. The van der Waals surface area contributed by atoms with Crippen LogP contribution < -0.4 is 0 Å². The van der Waals surface area contributed by atoms with Gasteiger partial charge in [0.05, 0.1) is 18.7 Å². The lowest BCUT2D eigenvalue weighted by molar-refractivity contribution is -0.146. The largest absolute Gasteiger partial charge is 0.469 e. The average Bonchev–Trinajstić information content (AvgIpc) is 3.02. The second-order valence-electron chi connectivity index (χ2n) is 11.2. The lowest BCUT2D eigenvalue weighted by Crippen LogP contribution is -2.30. The van der Waals surface area contributed by atoms with Crippen LogP contribution in [0.2, 0.25) is 5.02 Å². The highest BCUT2D eigenvalue weighted by Gasteiger charge is 2.26. The van der Waals surface area contributed by atoms with Gasteiger partial charge in [-0.3, -0.25) is 14.4 Å². The molecule has 2 aromatic rings. The molecule has 0 bridgehead atoms. The van der Waals surface area contributed by atoms with E-state index in [1.54, 1.807) is 36.2 Å². The summed E-state index contributed by atoms with van der Waals surface area (Å²) in [6, 6.07) is 16.9. The monoisotopic (exact) mass is 610 g/mol. The van der Waals surface area contributed by atoms with Crippen molar-refractivity contribution in [3.63, 3.8) is 0 Å². The fraction of sp³-hybridized carbons (Fsp3) is 0.500. The number of esters is 1. The number of aliphatic imine (C=N–C) groups is 1. The number of ether oxygens (including phenoxy) is 2. The van der Waals surface area contributed by atoms with Gasteiger partial charge in [-0.1, -0.05) is 86.2 Å². The second kappa shape index (κ2) is 18.2. The molecule has 0 unspecified atom stereocenters. The van der Waals surface area contributed by atoms with E-state index in [0.717, 1.165) is 43.2 Å². The Morgan fingerprint density at radius 2 is 1.65 bits per heavy atom. The summed E-state index contributed by atoms with van der Waals surface area (Å²) in [4.78, 5) is 57.1. The molecule has 1 aliphatic carbocycles. The fourth-order valence-electron chi connectivity index (χ4n) is 5.35. The summed E-state index contributed by atoms with van der Waals surface area (Å²) < 4.78 is 10.3. The Bertz CT molecular complexity index is 1240. The molecule has 232 valence electrons. The number of methoxy groups -OCH3 is 1. The average molecular weight is 611 g/mol. The first kappa shape index (κ1) is 34.0. The number of halogens is 1. The highest BCUT2D eigenvalue weighted by atomic mass is 35.5. The second-order valence-corrected chi connectivity index (χ2v) is 11.7. The van der Waals surface area contributed by atoms with Crippen LogP contribution >= 0.6 is 11.6 Å². The summed E-state index contributed by atoms with van der Waals surface area (Å²) >= 11 is 6.01. The third-order valence-electron chi connectivity index (χ3n) is 7.97. The minimum absolute atomic E-state index is 0.00791. The van der Waals surface area contributed by atoms with Gasteiger partial charge >= 0.3 is 12.1 Å². The number of rotatable bonds is 15. The summed E-state index contributed by atoms with van der Waals surface area (Å²) in [7, 11) is 3.05. The van der Waals surface area contributed by atoms with Gasteiger partial charge in [-0.25, -0.2) is 4.79 Å². The Balaban J connectivity index is 1.58. The van der Waals surface area contributed by atoms with Crippen molar-refractivity contribution in [2.45, 2.75) is 77.2 Å². The van der Waals surface area contributed by atoms with Crippen LogP contribution in [0.3, 0.4) is 0 Å². The highest BCUT2D eigenvalue weighted by molar-refractivity contribution is 6.41. The van der Waals surface area contributed by atoms with Crippen LogP contribution in [0.15, 0.2) is 59.6 Å². The Labute approximate surface area is 259 Å². The normalized spacial score (nSPS) is 14.5. The van der Waals surface area contributed by atoms with Crippen molar-refractivity contribution in [3.8, 4) is 0 Å². The Morgan fingerprint density at radius 1 is 0.953 bits per heavy atom. The lowest BCUT2D eigenvalue weighted by Gasteiger charge is -2.22. The zero-order valence-corrected chi connectivity index (χ0v) is 26.0. The number of benzene rings is 2. The van der Waals surface area contributed by atoms with Crippen molar-refractivity contribution >= 4 is 41.1 Å². The molecule has 0 heterocycles. The molecule has 1 aliphatic rings. The van der Waals surface area contributed by atoms with Crippen molar-refractivity contribution in [1.29, 1.82) is 0 Å². The smallest absolute Gasteiger partial charge is 0.434 e. The maximum Gasteiger partial charge on any atom is 0.434 e. The highest BCUT2D eigenvalue weighted by Crippen LogP contribution is 2.27. The van der Waals surface area contributed by atoms with Crippen LogP contribution in [0.1, 0.15) is 75.3 Å². The number of ketones is 1. The van der Waals surface area contributed by atoms with E-state index in [2.05, 4.69) is 4.99 Å². The van der Waals surface area contributed by atoms with Gasteiger partial charge < -0.3 is 14.4 Å². The maximum absolute atomic E-state index is 13.4. The van der Waals surface area contributed by atoms with Gasteiger partial charge in [-0.15, -0.1) is 0 Å². The summed E-state index contributed by atoms with van der Waals surface area (Å²) in [5.41, 5.74) is 2.05. The van der Waals surface area contributed by atoms with Gasteiger partial charge in [0.25, 0.3) is 0 Å². The van der Waals surface area contributed by atoms with Gasteiger partial charge in [0, 0.05) is 31.5 Å². The van der Waals surface area contributed by atoms with E-state index in [9.17, 15) is 19.2 Å².